The minimum absolute atomic E-state index is 0.0255. The summed E-state index contributed by atoms with van der Waals surface area (Å²) in [7, 11) is 0. The molecule has 3 nitrogen and oxygen atoms in total. The van der Waals surface area contributed by atoms with E-state index < -0.39 is 0 Å². The van der Waals surface area contributed by atoms with Crippen LogP contribution in [0.2, 0.25) is 0 Å². The summed E-state index contributed by atoms with van der Waals surface area (Å²) >= 11 is 0. The van der Waals surface area contributed by atoms with Crippen molar-refractivity contribution in [2.24, 2.45) is 11.7 Å². The van der Waals surface area contributed by atoms with Gasteiger partial charge in [-0.1, -0.05) is 6.92 Å². The highest BCUT2D eigenvalue weighted by Gasteiger charge is 2.21. The molecule has 0 heterocycles. The molecule has 0 aliphatic carbocycles. The Labute approximate surface area is 74.7 Å². The molecular formula is C9H20N2O. The first-order valence-corrected chi connectivity index (χ1v) is 4.31. The number of nitrogens with two attached hydrogens (primary N) is 1. The molecule has 12 heavy (non-hydrogen) atoms. The van der Waals surface area contributed by atoms with Gasteiger partial charge in [-0.25, -0.2) is 0 Å². The molecule has 0 rings (SSSR count). The normalized spacial score (nSPS) is 16.8. The highest BCUT2D eigenvalue weighted by Crippen LogP contribution is 2.04. The van der Waals surface area contributed by atoms with Crippen LogP contribution in [0.4, 0.5) is 0 Å². The van der Waals surface area contributed by atoms with Gasteiger partial charge in [0.05, 0.1) is 0 Å². The van der Waals surface area contributed by atoms with Gasteiger partial charge in [0.2, 0.25) is 5.91 Å². The van der Waals surface area contributed by atoms with Crippen LogP contribution in [-0.4, -0.2) is 17.5 Å². The smallest absolute Gasteiger partial charge is 0.224 e. The second-order valence-electron chi connectivity index (χ2n) is 4.39. The lowest BCUT2D eigenvalue weighted by Crippen LogP contribution is -2.46. The zero-order valence-corrected chi connectivity index (χ0v) is 8.64. The zero-order chi connectivity index (χ0) is 9.94. The predicted octanol–water partition coefficient (Wildman–Crippen LogP) is 0.884. The lowest BCUT2D eigenvalue weighted by Gasteiger charge is -2.24. The van der Waals surface area contributed by atoms with E-state index in [-0.39, 0.29) is 23.4 Å². The Balaban J connectivity index is 4.05. The Kier molecular flexibility index (Phi) is 3.71. The summed E-state index contributed by atoms with van der Waals surface area (Å²) < 4.78 is 0. The van der Waals surface area contributed by atoms with E-state index >= 15 is 0 Å². The summed E-state index contributed by atoms with van der Waals surface area (Å²) in [5, 5.41) is 2.88. The average Bonchev–Trinajstić information content (AvgIpc) is 1.82. The number of amides is 1. The Morgan fingerprint density at radius 2 is 1.75 bits per heavy atom. The molecule has 0 saturated heterocycles. The maximum absolute atomic E-state index is 11.4. The Bertz CT molecular complexity index is 158. The first kappa shape index (κ1) is 11.4. The van der Waals surface area contributed by atoms with Crippen molar-refractivity contribution in [3.05, 3.63) is 0 Å². The van der Waals surface area contributed by atoms with Gasteiger partial charge >= 0.3 is 0 Å². The largest absolute Gasteiger partial charge is 0.351 e. The van der Waals surface area contributed by atoms with Crippen LogP contribution in [0.15, 0.2) is 0 Å². The third kappa shape index (κ3) is 4.34. The minimum atomic E-state index is -0.166. The molecule has 0 fully saturated rings. The van der Waals surface area contributed by atoms with Crippen molar-refractivity contribution >= 4 is 5.91 Å². The van der Waals surface area contributed by atoms with Gasteiger partial charge in [-0.2, -0.15) is 0 Å². The van der Waals surface area contributed by atoms with Crippen molar-refractivity contribution in [2.45, 2.75) is 46.2 Å². The average molecular weight is 172 g/mol. The maximum atomic E-state index is 11.4. The van der Waals surface area contributed by atoms with Crippen LogP contribution in [0.3, 0.4) is 0 Å². The Morgan fingerprint density at radius 1 is 1.33 bits per heavy atom. The Morgan fingerprint density at radius 3 is 2.00 bits per heavy atom. The number of hydrogen-bond acceptors (Lipinski definition) is 2. The molecule has 0 radical (unpaired) electrons. The quantitative estimate of drug-likeness (QED) is 0.649. The lowest BCUT2D eigenvalue weighted by atomic mass is 10.0. The molecular weight excluding hydrogens is 152 g/mol. The molecule has 1 amide bonds. The summed E-state index contributed by atoms with van der Waals surface area (Å²) in [5.74, 6) is -0.0956. The number of hydrogen-bond donors (Lipinski definition) is 2. The van der Waals surface area contributed by atoms with Crippen LogP contribution >= 0.6 is 0 Å². The fourth-order valence-electron chi connectivity index (χ4n) is 0.722. The number of rotatable bonds is 2. The SMILES string of the molecule is CC(N)C(C)C(=O)NC(C)(C)C. The molecule has 3 heteroatoms. The van der Waals surface area contributed by atoms with Crippen molar-refractivity contribution in [3.8, 4) is 0 Å². The van der Waals surface area contributed by atoms with E-state index in [0.29, 0.717) is 0 Å². The molecule has 0 saturated carbocycles. The van der Waals surface area contributed by atoms with Crippen molar-refractivity contribution in [1.82, 2.24) is 5.32 Å². The summed E-state index contributed by atoms with van der Waals surface area (Å²) in [6.45, 7) is 9.55. The zero-order valence-electron chi connectivity index (χ0n) is 8.64. The molecule has 0 aliphatic heterocycles. The lowest BCUT2D eigenvalue weighted by molar-refractivity contribution is -0.126. The van der Waals surface area contributed by atoms with Gasteiger partial charge in [0.15, 0.2) is 0 Å². The summed E-state index contributed by atoms with van der Waals surface area (Å²) in [5.41, 5.74) is 5.43. The van der Waals surface area contributed by atoms with E-state index in [1.165, 1.54) is 0 Å². The maximum Gasteiger partial charge on any atom is 0.224 e. The monoisotopic (exact) mass is 172 g/mol. The summed E-state index contributed by atoms with van der Waals surface area (Å²) in [4.78, 5) is 11.4. The van der Waals surface area contributed by atoms with Crippen LogP contribution in [0.1, 0.15) is 34.6 Å². The molecule has 0 aromatic rings. The third-order valence-corrected chi connectivity index (χ3v) is 1.70. The molecule has 0 aromatic heterocycles. The van der Waals surface area contributed by atoms with Gasteiger partial charge < -0.3 is 11.1 Å². The second kappa shape index (κ2) is 3.90. The molecule has 3 N–H and O–H groups in total. The number of nitrogens with one attached hydrogen (secondary N) is 1. The Hall–Kier alpha value is -0.570. The minimum Gasteiger partial charge on any atom is -0.351 e. The first-order chi connectivity index (χ1) is 5.24. The fourth-order valence-corrected chi connectivity index (χ4v) is 0.722. The summed E-state index contributed by atoms with van der Waals surface area (Å²) in [6, 6.07) is -0.0904. The van der Waals surface area contributed by atoms with E-state index in [2.05, 4.69) is 5.32 Å². The molecule has 0 bridgehead atoms. The topological polar surface area (TPSA) is 55.1 Å². The van der Waals surface area contributed by atoms with Crippen LogP contribution in [-0.2, 0) is 4.79 Å². The van der Waals surface area contributed by atoms with Crippen LogP contribution in [0.5, 0.6) is 0 Å². The predicted molar refractivity (Wildman–Crippen MR) is 50.7 cm³/mol. The van der Waals surface area contributed by atoms with E-state index in [4.69, 9.17) is 5.73 Å². The van der Waals surface area contributed by atoms with Crippen LogP contribution in [0, 0.1) is 5.92 Å². The molecule has 0 aromatic carbocycles. The van der Waals surface area contributed by atoms with Crippen molar-refractivity contribution in [3.63, 3.8) is 0 Å². The van der Waals surface area contributed by atoms with E-state index in [1.807, 2.05) is 34.6 Å². The molecule has 0 aliphatic rings. The number of carbonyl (C=O) groups is 1. The van der Waals surface area contributed by atoms with Crippen molar-refractivity contribution in [1.29, 1.82) is 0 Å². The highest BCUT2D eigenvalue weighted by atomic mass is 16.2. The van der Waals surface area contributed by atoms with Crippen LogP contribution in [0.25, 0.3) is 0 Å². The van der Waals surface area contributed by atoms with Gasteiger partial charge in [-0.3, -0.25) is 4.79 Å². The highest BCUT2D eigenvalue weighted by molar-refractivity contribution is 5.79. The number of carbonyl (C=O) groups excluding carboxylic acids is 1. The van der Waals surface area contributed by atoms with Gasteiger partial charge in [-0.15, -0.1) is 0 Å². The standard InChI is InChI=1S/C9H20N2O/c1-6(7(2)10)8(12)11-9(3,4)5/h6-7H,10H2,1-5H3,(H,11,12). The fraction of sp³-hybridized carbons (Fsp3) is 0.889. The molecule has 0 spiro atoms. The van der Waals surface area contributed by atoms with Gasteiger partial charge in [0, 0.05) is 17.5 Å². The molecule has 72 valence electrons. The second-order valence-corrected chi connectivity index (χ2v) is 4.39. The molecule has 2 unspecified atom stereocenters. The van der Waals surface area contributed by atoms with Crippen molar-refractivity contribution < 1.29 is 4.79 Å². The first-order valence-electron chi connectivity index (χ1n) is 4.31. The van der Waals surface area contributed by atoms with E-state index in [0.717, 1.165) is 0 Å². The summed E-state index contributed by atoms with van der Waals surface area (Å²) in [6.07, 6.45) is 0. The van der Waals surface area contributed by atoms with Gasteiger partial charge in [-0.05, 0) is 27.7 Å². The van der Waals surface area contributed by atoms with Gasteiger partial charge in [0.1, 0.15) is 0 Å². The van der Waals surface area contributed by atoms with Crippen molar-refractivity contribution in [2.75, 3.05) is 0 Å². The van der Waals surface area contributed by atoms with Gasteiger partial charge in [0.25, 0.3) is 0 Å². The third-order valence-electron chi connectivity index (χ3n) is 1.70. The van der Waals surface area contributed by atoms with E-state index in [9.17, 15) is 4.79 Å². The van der Waals surface area contributed by atoms with Crippen LogP contribution < -0.4 is 11.1 Å². The molecule has 2 atom stereocenters. The van der Waals surface area contributed by atoms with E-state index in [1.54, 1.807) is 0 Å².